The fraction of sp³-hybridized carbons (Fsp3) is 0.857. The van der Waals surface area contributed by atoms with Gasteiger partial charge in [0.15, 0.2) is 0 Å². The molecule has 5 nitrogen and oxygen atoms in total. The van der Waals surface area contributed by atoms with Gasteiger partial charge in [0.05, 0.1) is 5.92 Å². The number of carbonyl (C=O) groups is 1. The van der Waals surface area contributed by atoms with E-state index in [-0.39, 0.29) is 12.0 Å². The summed E-state index contributed by atoms with van der Waals surface area (Å²) in [4.78, 5) is 10.5. The molecule has 0 radical (unpaired) electrons. The molecule has 0 heterocycles. The quantitative estimate of drug-likeness (QED) is 0.637. The molecule has 1 aliphatic rings. The van der Waals surface area contributed by atoms with Crippen molar-refractivity contribution < 1.29 is 18.7 Å². The van der Waals surface area contributed by atoms with Crippen molar-refractivity contribution in [3.8, 4) is 0 Å². The summed E-state index contributed by atoms with van der Waals surface area (Å²) < 4.78 is 22.9. The van der Waals surface area contributed by atoms with E-state index in [0.29, 0.717) is 25.7 Å². The van der Waals surface area contributed by atoms with E-state index in [1.807, 2.05) is 0 Å². The molecule has 6 heteroatoms. The highest BCUT2D eigenvalue weighted by Gasteiger charge is 2.25. The van der Waals surface area contributed by atoms with Gasteiger partial charge >= 0.3 is 5.97 Å². The smallest absolute Gasteiger partial charge is 0.306 e. The van der Waals surface area contributed by atoms with Crippen LogP contribution in [0.2, 0.25) is 0 Å². The van der Waals surface area contributed by atoms with Crippen molar-refractivity contribution in [1.29, 1.82) is 0 Å². The molecule has 13 heavy (non-hydrogen) atoms. The zero-order valence-electron chi connectivity index (χ0n) is 7.06. The van der Waals surface area contributed by atoms with Crippen LogP contribution in [0.1, 0.15) is 25.7 Å². The second kappa shape index (κ2) is 4.69. The van der Waals surface area contributed by atoms with Crippen LogP contribution >= 0.6 is 0 Å². The Balaban J connectivity index is 2.30. The van der Waals surface area contributed by atoms with Gasteiger partial charge in [0.1, 0.15) is 0 Å². The van der Waals surface area contributed by atoms with E-state index in [2.05, 4.69) is 4.72 Å². The van der Waals surface area contributed by atoms with Crippen molar-refractivity contribution in [2.24, 2.45) is 5.92 Å². The highest BCUT2D eigenvalue weighted by atomic mass is 32.2. The van der Waals surface area contributed by atoms with Crippen molar-refractivity contribution in [3.63, 3.8) is 0 Å². The summed E-state index contributed by atoms with van der Waals surface area (Å²) in [7, 11) is 0. The molecule has 0 aromatic carbocycles. The van der Waals surface area contributed by atoms with E-state index in [4.69, 9.17) is 5.11 Å². The molecule has 0 aliphatic heterocycles. The van der Waals surface area contributed by atoms with Crippen molar-refractivity contribution in [2.45, 2.75) is 31.7 Å². The molecule has 1 atom stereocenters. The van der Waals surface area contributed by atoms with Gasteiger partial charge in [-0.3, -0.25) is 9.00 Å². The Bertz CT molecular complexity index is 213. The topological polar surface area (TPSA) is 89.5 Å². The van der Waals surface area contributed by atoms with Gasteiger partial charge < -0.3 is 9.66 Å². The van der Waals surface area contributed by atoms with Crippen molar-refractivity contribution >= 4 is 17.2 Å². The van der Waals surface area contributed by atoms with Gasteiger partial charge in [-0.05, 0) is 25.7 Å². The normalized spacial score (nSPS) is 31.2. The number of rotatable bonds is 3. The van der Waals surface area contributed by atoms with Gasteiger partial charge in [-0.15, -0.1) is 0 Å². The molecular weight excluding hydrogens is 194 g/mol. The summed E-state index contributed by atoms with van der Waals surface area (Å²) in [6.07, 6.45) is 2.35. The first-order chi connectivity index (χ1) is 6.09. The number of nitrogens with one attached hydrogen (secondary N) is 1. The van der Waals surface area contributed by atoms with Crippen molar-refractivity contribution in [3.05, 3.63) is 0 Å². The Hall–Kier alpha value is -0.460. The Morgan fingerprint density at radius 2 is 1.92 bits per heavy atom. The minimum absolute atomic E-state index is 0.0751. The first-order valence-electron chi connectivity index (χ1n) is 4.18. The summed E-state index contributed by atoms with van der Waals surface area (Å²) in [6, 6.07) is -0.0751. The Kier molecular flexibility index (Phi) is 3.83. The third-order valence-corrected chi connectivity index (χ3v) is 2.87. The third kappa shape index (κ3) is 3.41. The Labute approximate surface area is 78.9 Å². The maximum absolute atomic E-state index is 10.5. The van der Waals surface area contributed by atoms with Gasteiger partial charge in [-0.25, -0.2) is 4.72 Å². The number of carboxylic acids is 1. The lowest BCUT2D eigenvalue weighted by molar-refractivity contribution is -0.142. The first kappa shape index (κ1) is 10.6. The lowest BCUT2D eigenvalue weighted by atomic mass is 9.87. The number of carboxylic acid groups (broad SMARTS) is 1. The van der Waals surface area contributed by atoms with Crippen molar-refractivity contribution in [2.75, 3.05) is 0 Å². The largest absolute Gasteiger partial charge is 0.760 e. The van der Waals surface area contributed by atoms with Gasteiger partial charge in [0.2, 0.25) is 0 Å². The fourth-order valence-electron chi connectivity index (χ4n) is 1.59. The van der Waals surface area contributed by atoms with E-state index < -0.39 is 17.2 Å². The molecule has 1 aliphatic carbocycles. The molecule has 1 fully saturated rings. The minimum atomic E-state index is -2.23. The maximum atomic E-state index is 10.5. The number of hydrogen-bond donors (Lipinski definition) is 2. The molecule has 0 bridgehead atoms. The molecule has 0 aromatic rings. The van der Waals surface area contributed by atoms with Crippen LogP contribution < -0.4 is 4.72 Å². The average molecular weight is 206 g/mol. The molecular formula is C7H12NO4S-. The van der Waals surface area contributed by atoms with E-state index in [1.54, 1.807) is 0 Å². The van der Waals surface area contributed by atoms with E-state index in [9.17, 15) is 13.6 Å². The maximum Gasteiger partial charge on any atom is 0.306 e. The van der Waals surface area contributed by atoms with Gasteiger partial charge in [0.25, 0.3) is 0 Å². The predicted octanol–water partition coefficient (Wildman–Crippen LogP) is 0.0135. The summed E-state index contributed by atoms with van der Waals surface area (Å²) in [5.74, 6) is -1.07. The van der Waals surface area contributed by atoms with Gasteiger partial charge in [-0.2, -0.15) is 0 Å². The van der Waals surface area contributed by atoms with Gasteiger partial charge in [-0.1, -0.05) is 0 Å². The zero-order valence-corrected chi connectivity index (χ0v) is 7.88. The van der Waals surface area contributed by atoms with E-state index >= 15 is 0 Å². The molecule has 2 N–H and O–H groups in total. The molecule has 0 amide bonds. The van der Waals surface area contributed by atoms with E-state index in [0.717, 1.165) is 0 Å². The molecule has 1 rings (SSSR count). The second-order valence-corrected chi connectivity index (χ2v) is 3.94. The van der Waals surface area contributed by atoms with Crippen molar-refractivity contribution in [1.82, 2.24) is 4.72 Å². The minimum Gasteiger partial charge on any atom is -0.760 e. The molecule has 0 saturated heterocycles. The first-order valence-corrected chi connectivity index (χ1v) is 5.25. The summed E-state index contributed by atoms with van der Waals surface area (Å²) in [5, 5.41) is 8.66. The van der Waals surface area contributed by atoms with Crippen LogP contribution in [-0.2, 0) is 16.1 Å². The molecule has 76 valence electrons. The lowest BCUT2D eigenvalue weighted by Gasteiger charge is -2.27. The zero-order chi connectivity index (χ0) is 9.84. The highest BCUT2D eigenvalue weighted by Crippen LogP contribution is 2.24. The van der Waals surface area contributed by atoms with Crippen LogP contribution in [0.15, 0.2) is 0 Å². The van der Waals surface area contributed by atoms with Crippen LogP contribution in [0, 0.1) is 5.92 Å². The SMILES string of the molecule is O=C(O)C1CCC(NS(=O)[O-])CC1. The van der Waals surface area contributed by atoms with Crippen LogP contribution in [-0.4, -0.2) is 25.9 Å². The second-order valence-electron chi connectivity index (χ2n) is 3.24. The number of hydrogen-bond acceptors (Lipinski definition) is 3. The van der Waals surface area contributed by atoms with E-state index in [1.165, 1.54) is 0 Å². The average Bonchev–Trinajstić information content (AvgIpc) is 2.04. The molecule has 1 saturated carbocycles. The molecule has 1 unspecified atom stereocenters. The third-order valence-electron chi connectivity index (χ3n) is 2.34. The van der Waals surface area contributed by atoms with Crippen LogP contribution in [0.3, 0.4) is 0 Å². The Morgan fingerprint density at radius 3 is 2.31 bits per heavy atom. The van der Waals surface area contributed by atoms with Gasteiger partial charge in [0, 0.05) is 17.3 Å². The highest BCUT2D eigenvalue weighted by molar-refractivity contribution is 7.77. The molecule has 0 spiro atoms. The monoisotopic (exact) mass is 206 g/mol. The van der Waals surface area contributed by atoms with Crippen LogP contribution in [0.5, 0.6) is 0 Å². The fourth-order valence-corrected chi connectivity index (χ4v) is 2.10. The summed E-state index contributed by atoms with van der Waals surface area (Å²) in [5.41, 5.74) is 0. The lowest BCUT2D eigenvalue weighted by Crippen LogP contribution is -2.35. The predicted molar refractivity (Wildman–Crippen MR) is 45.4 cm³/mol. The number of aliphatic carboxylic acids is 1. The van der Waals surface area contributed by atoms with Crippen LogP contribution in [0.25, 0.3) is 0 Å². The molecule has 0 aromatic heterocycles. The summed E-state index contributed by atoms with van der Waals surface area (Å²) in [6.45, 7) is 0. The summed E-state index contributed by atoms with van der Waals surface area (Å²) >= 11 is -2.23. The van der Waals surface area contributed by atoms with Crippen LogP contribution in [0.4, 0.5) is 0 Å². The standard InChI is InChI=1S/C7H13NO4S/c9-7(10)5-1-3-6(4-2-5)8-13(11)12/h5-6,8H,1-4H2,(H,9,10)(H,11,12)/p-1. The Morgan fingerprint density at radius 1 is 1.38 bits per heavy atom.